The molecule has 3 aliphatic rings. The monoisotopic (exact) mass is 377 g/mol. The minimum atomic E-state index is 0.289. The Hall–Kier alpha value is -1.30. The molecule has 154 valence electrons. The summed E-state index contributed by atoms with van der Waals surface area (Å²) in [7, 11) is 0. The van der Waals surface area contributed by atoms with Gasteiger partial charge in [0, 0.05) is 44.2 Å². The number of rotatable bonds is 6. The summed E-state index contributed by atoms with van der Waals surface area (Å²) in [5.74, 6) is 1.58. The molecule has 6 nitrogen and oxygen atoms in total. The Balaban J connectivity index is 1.45. The molecule has 3 fully saturated rings. The summed E-state index contributed by atoms with van der Waals surface area (Å²) in [6, 6.07) is 1.01. The summed E-state index contributed by atoms with van der Waals surface area (Å²) < 4.78 is 0. The molecule has 2 aliphatic heterocycles. The molecule has 3 rings (SSSR count). The molecule has 0 radical (unpaired) electrons. The molecule has 0 aromatic heterocycles. The number of hydrogen-bond donors (Lipinski definition) is 2. The zero-order valence-corrected chi connectivity index (χ0v) is 17.4. The first kappa shape index (κ1) is 20.4. The predicted octanol–water partition coefficient (Wildman–Crippen LogP) is 2.21. The minimum Gasteiger partial charge on any atom is -0.357 e. The van der Waals surface area contributed by atoms with E-state index in [4.69, 9.17) is 4.99 Å². The molecule has 1 amide bonds. The highest BCUT2D eigenvalue weighted by atomic mass is 16.2. The highest BCUT2D eigenvalue weighted by Crippen LogP contribution is 2.27. The van der Waals surface area contributed by atoms with Crippen LogP contribution >= 0.6 is 0 Å². The van der Waals surface area contributed by atoms with E-state index < -0.39 is 0 Å². The second-order valence-corrected chi connectivity index (χ2v) is 8.54. The SMILES string of the molecule is CCNC(=NCCN1CCCCC1C)NC1CCN(C(=O)C2CCCC2)C1. The molecular formula is C21H39N5O. The largest absolute Gasteiger partial charge is 0.357 e. The molecule has 2 N–H and O–H groups in total. The maximum absolute atomic E-state index is 12.6. The van der Waals surface area contributed by atoms with Gasteiger partial charge in [-0.15, -0.1) is 0 Å². The van der Waals surface area contributed by atoms with Crippen LogP contribution in [0.3, 0.4) is 0 Å². The molecule has 0 aromatic carbocycles. The van der Waals surface area contributed by atoms with Crippen LogP contribution in [0.1, 0.15) is 65.2 Å². The zero-order valence-electron chi connectivity index (χ0n) is 17.4. The van der Waals surface area contributed by atoms with Gasteiger partial charge in [-0.05, 0) is 52.5 Å². The highest BCUT2D eigenvalue weighted by Gasteiger charge is 2.32. The van der Waals surface area contributed by atoms with Gasteiger partial charge in [-0.3, -0.25) is 14.7 Å². The lowest BCUT2D eigenvalue weighted by Gasteiger charge is -2.32. The number of carbonyl (C=O) groups excluding carboxylic acids is 1. The van der Waals surface area contributed by atoms with Crippen LogP contribution in [0.25, 0.3) is 0 Å². The average Bonchev–Trinajstić information content (AvgIpc) is 3.35. The lowest BCUT2D eigenvalue weighted by atomic mass is 10.0. The molecular weight excluding hydrogens is 338 g/mol. The van der Waals surface area contributed by atoms with Crippen molar-refractivity contribution in [1.82, 2.24) is 20.4 Å². The minimum absolute atomic E-state index is 0.289. The quantitative estimate of drug-likeness (QED) is 0.550. The maximum Gasteiger partial charge on any atom is 0.225 e. The van der Waals surface area contributed by atoms with Crippen molar-refractivity contribution in [3.8, 4) is 0 Å². The third-order valence-corrected chi connectivity index (χ3v) is 6.49. The van der Waals surface area contributed by atoms with Gasteiger partial charge >= 0.3 is 0 Å². The lowest BCUT2D eigenvalue weighted by Crippen LogP contribution is -2.46. The van der Waals surface area contributed by atoms with Gasteiger partial charge < -0.3 is 15.5 Å². The van der Waals surface area contributed by atoms with E-state index in [1.54, 1.807) is 0 Å². The van der Waals surface area contributed by atoms with E-state index in [1.165, 1.54) is 38.6 Å². The molecule has 0 aromatic rings. The van der Waals surface area contributed by atoms with Gasteiger partial charge in [-0.2, -0.15) is 0 Å². The van der Waals surface area contributed by atoms with Crippen molar-refractivity contribution in [2.75, 3.05) is 39.3 Å². The molecule has 2 atom stereocenters. The fourth-order valence-electron chi connectivity index (χ4n) is 4.80. The van der Waals surface area contributed by atoms with E-state index in [0.717, 1.165) is 57.9 Å². The van der Waals surface area contributed by atoms with Crippen molar-refractivity contribution in [1.29, 1.82) is 0 Å². The third kappa shape index (κ3) is 5.84. The summed E-state index contributed by atoms with van der Waals surface area (Å²) in [6.07, 6.45) is 9.64. The zero-order chi connectivity index (χ0) is 19.1. The first-order valence-electron chi connectivity index (χ1n) is 11.2. The maximum atomic E-state index is 12.6. The fraction of sp³-hybridized carbons (Fsp3) is 0.905. The average molecular weight is 378 g/mol. The van der Waals surface area contributed by atoms with E-state index in [0.29, 0.717) is 18.0 Å². The first-order valence-corrected chi connectivity index (χ1v) is 11.2. The Morgan fingerprint density at radius 2 is 1.85 bits per heavy atom. The third-order valence-electron chi connectivity index (χ3n) is 6.49. The van der Waals surface area contributed by atoms with Crippen molar-refractivity contribution in [3.63, 3.8) is 0 Å². The Bertz CT molecular complexity index is 503. The molecule has 1 saturated carbocycles. The van der Waals surface area contributed by atoms with Crippen LogP contribution in [0, 0.1) is 5.92 Å². The molecule has 0 spiro atoms. The summed E-state index contributed by atoms with van der Waals surface area (Å²) in [6.45, 7) is 10.1. The van der Waals surface area contributed by atoms with Crippen LogP contribution in [0.4, 0.5) is 0 Å². The van der Waals surface area contributed by atoms with Crippen molar-refractivity contribution < 1.29 is 4.79 Å². The Morgan fingerprint density at radius 1 is 1.07 bits per heavy atom. The Labute approximate surface area is 165 Å². The predicted molar refractivity (Wildman–Crippen MR) is 111 cm³/mol. The number of carbonyl (C=O) groups is 1. The number of amides is 1. The molecule has 1 aliphatic carbocycles. The molecule has 0 bridgehead atoms. The Kier molecular flexibility index (Phi) is 7.80. The summed E-state index contributed by atoms with van der Waals surface area (Å²) >= 11 is 0. The van der Waals surface area contributed by atoms with Gasteiger partial charge in [0.15, 0.2) is 5.96 Å². The van der Waals surface area contributed by atoms with Crippen molar-refractivity contribution in [3.05, 3.63) is 0 Å². The van der Waals surface area contributed by atoms with Gasteiger partial charge in [0.25, 0.3) is 0 Å². The van der Waals surface area contributed by atoms with Gasteiger partial charge in [-0.1, -0.05) is 19.3 Å². The second kappa shape index (κ2) is 10.3. The van der Waals surface area contributed by atoms with Gasteiger partial charge in [0.1, 0.15) is 0 Å². The lowest BCUT2D eigenvalue weighted by molar-refractivity contribution is -0.134. The van der Waals surface area contributed by atoms with Crippen LogP contribution < -0.4 is 10.6 Å². The second-order valence-electron chi connectivity index (χ2n) is 8.54. The standard InChI is InChI=1S/C21H39N5O/c1-3-22-21(23-12-15-25-13-7-6-8-17(25)2)24-19-11-14-26(16-19)20(27)18-9-4-5-10-18/h17-19H,3-16H2,1-2H3,(H2,22,23,24). The number of piperidine rings is 1. The number of hydrogen-bond acceptors (Lipinski definition) is 3. The summed E-state index contributed by atoms with van der Waals surface area (Å²) in [5, 5.41) is 6.94. The summed E-state index contributed by atoms with van der Waals surface area (Å²) in [4.78, 5) is 22.1. The van der Waals surface area contributed by atoms with E-state index in [1.807, 2.05) is 0 Å². The van der Waals surface area contributed by atoms with E-state index in [9.17, 15) is 4.79 Å². The van der Waals surface area contributed by atoms with Gasteiger partial charge in [0.05, 0.1) is 6.54 Å². The molecule has 2 unspecified atom stereocenters. The Morgan fingerprint density at radius 3 is 2.59 bits per heavy atom. The van der Waals surface area contributed by atoms with Gasteiger partial charge in [-0.25, -0.2) is 0 Å². The van der Waals surface area contributed by atoms with Gasteiger partial charge in [0.2, 0.25) is 5.91 Å². The summed E-state index contributed by atoms with van der Waals surface area (Å²) in [5.41, 5.74) is 0. The molecule has 2 heterocycles. The van der Waals surface area contributed by atoms with Crippen LogP contribution in [-0.2, 0) is 4.79 Å². The van der Waals surface area contributed by atoms with Crippen molar-refractivity contribution >= 4 is 11.9 Å². The van der Waals surface area contributed by atoms with Crippen molar-refractivity contribution in [2.24, 2.45) is 10.9 Å². The van der Waals surface area contributed by atoms with Crippen LogP contribution in [0.2, 0.25) is 0 Å². The van der Waals surface area contributed by atoms with Crippen LogP contribution in [0.15, 0.2) is 4.99 Å². The highest BCUT2D eigenvalue weighted by molar-refractivity contribution is 5.81. The number of guanidine groups is 1. The first-order chi connectivity index (χ1) is 13.2. The number of nitrogens with one attached hydrogen (secondary N) is 2. The molecule has 2 saturated heterocycles. The number of likely N-dealkylation sites (tertiary alicyclic amines) is 2. The molecule has 6 heteroatoms. The smallest absolute Gasteiger partial charge is 0.225 e. The topological polar surface area (TPSA) is 60.0 Å². The molecule has 27 heavy (non-hydrogen) atoms. The van der Waals surface area contributed by atoms with E-state index in [2.05, 4.69) is 34.3 Å². The van der Waals surface area contributed by atoms with E-state index in [-0.39, 0.29) is 5.92 Å². The fourth-order valence-corrected chi connectivity index (χ4v) is 4.80. The number of nitrogens with zero attached hydrogens (tertiary/aromatic N) is 3. The van der Waals surface area contributed by atoms with Crippen LogP contribution in [-0.4, -0.2) is 73.0 Å². The van der Waals surface area contributed by atoms with Crippen molar-refractivity contribution in [2.45, 2.75) is 77.3 Å². The number of aliphatic imine (C=N–C) groups is 1. The van der Waals surface area contributed by atoms with Crippen LogP contribution in [0.5, 0.6) is 0 Å². The normalized spacial score (nSPS) is 27.9. The van der Waals surface area contributed by atoms with E-state index >= 15 is 0 Å².